The zero-order valence-corrected chi connectivity index (χ0v) is 31.8. The molecule has 1 N–H and O–H groups in total. The van der Waals surface area contributed by atoms with Crippen molar-refractivity contribution in [1.29, 1.82) is 0 Å². The molecule has 0 amide bonds. The summed E-state index contributed by atoms with van der Waals surface area (Å²) in [5, 5.41) is 0. The molecule has 4 aliphatic rings. The van der Waals surface area contributed by atoms with E-state index in [4.69, 9.17) is 9.47 Å². The van der Waals surface area contributed by atoms with Gasteiger partial charge in [-0.3, -0.25) is 14.2 Å². The summed E-state index contributed by atoms with van der Waals surface area (Å²) >= 11 is 0. The molecule has 2 bridgehead atoms. The van der Waals surface area contributed by atoms with Gasteiger partial charge in [-0.1, -0.05) is 52.0 Å². The third-order valence-corrected chi connectivity index (χ3v) is 12.0. The maximum absolute atomic E-state index is 12.1. The minimum atomic E-state index is -4.35. The van der Waals surface area contributed by atoms with Gasteiger partial charge in [-0.15, -0.1) is 0 Å². The van der Waals surface area contributed by atoms with Crippen LogP contribution in [0.1, 0.15) is 78.4 Å². The van der Waals surface area contributed by atoms with Crippen LogP contribution in [-0.4, -0.2) is 80.1 Å². The van der Waals surface area contributed by atoms with Gasteiger partial charge in [0.1, 0.15) is 25.5 Å². The summed E-state index contributed by atoms with van der Waals surface area (Å²) in [6.07, 6.45) is 12.7. The van der Waals surface area contributed by atoms with Crippen molar-refractivity contribution in [3.05, 3.63) is 100 Å². The van der Waals surface area contributed by atoms with E-state index in [2.05, 4.69) is 112 Å². The number of allylic oxidation sites excluding steroid dienone is 4. The lowest BCUT2D eigenvalue weighted by atomic mass is 9.81. The lowest BCUT2D eigenvalue weighted by molar-refractivity contribution is -0.437. The number of anilines is 1. The van der Waals surface area contributed by atoms with Crippen LogP contribution in [0.2, 0.25) is 0 Å². The molecule has 1 fully saturated rings. The first kappa shape index (κ1) is 36.8. The summed E-state index contributed by atoms with van der Waals surface area (Å²) in [7, 11) is -2.17. The molecular formula is C41H52N3O6S+. The highest BCUT2D eigenvalue weighted by atomic mass is 32.2. The Morgan fingerprint density at radius 1 is 0.941 bits per heavy atom. The Bertz CT molecular complexity index is 1970. The number of para-hydroxylation sites is 1. The van der Waals surface area contributed by atoms with E-state index in [-0.39, 0.29) is 35.6 Å². The first-order valence-electron chi connectivity index (χ1n) is 18.2. The highest BCUT2D eigenvalue weighted by Gasteiger charge is 2.46. The number of nitrogens with zero attached hydrogens (tertiary/aromatic N) is 3. The van der Waals surface area contributed by atoms with E-state index in [0.717, 1.165) is 72.6 Å². The van der Waals surface area contributed by atoms with Crippen molar-refractivity contribution in [2.24, 2.45) is 0 Å². The van der Waals surface area contributed by atoms with Gasteiger partial charge in [-0.2, -0.15) is 13.0 Å². The van der Waals surface area contributed by atoms with Crippen LogP contribution in [0.25, 0.3) is 0 Å². The van der Waals surface area contributed by atoms with Gasteiger partial charge >= 0.3 is 0 Å². The molecule has 0 saturated carbocycles. The fraction of sp³-hybridized carbons (Fsp3) is 0.463. The van der Waals surface area contributed by atoms with Crippen LogP contribution in [0.5, 0.6) is 0 Å². The molecule has 0 spiro atoms. The van der Waals surface area contributed by atoms with Gasteiger partial charge in [0.05, 0.1) is 10.3 Å². The van der Waals surface area contributed by atoms with Crippen molar-refractivity contribution >= 4 is 33.7 Å². The number of fused-ring (bicyclic) bond motifs is 4. The summed E-state index contributed by atoms with van der Waals surface area (Å²) in [5.74, 6) is 0.822. The number of rotatable bonds is 13. The predicted molar refractivity (Wildman–Crippen MR) is 201 cm³/mol. The topological polar surface area (TPSA) is 99.4 Å². The Morgan fingerprint density at radius 3 is 2.39 bits per heavy atom. The standard InChI is InChI=1S/C41H51N3O6S/c1-8-22-43-35-13-11-10-12-31(35)40(3,4)37(43)20-15-29-33-18-19-34(42(33)7)30(39(29)50-25-24-49-27-45)16-21-38-41(5,6)32-26-28(51(46,47)48)14-17-36(32)44(38)23-9-2/h10-17,20-21,26-27,33-34H,8-9,18-19,22-25H2,1-7H3/p+1. The number of carbonyl (C=O) groups excluding carboxylic acids is 1. The van der Waals surface area contributed by atoms with E-state index in [1.807, 2.05) is 0 Å². The minimum Gasteiger partial charge on any atom is -0.489 e. The van der Waals surface area contributed by atoms with Gasteiger partial charge in [0.2, 0.25) is 5.69 Å². The van der Waals surface area contributed by atoms with E-state index < -0.39 is 15.5 Å². The Hall–Kier alpha value is -3.99. The van der Waals surface area contributed by atoms with Crippen molar-refractivity contribution in [3.63, 3.8) is 0 Å². The fourth-order valence-corrected chi connectivity index (χ4v) is 9.17. The second-order valence-electron chi connectivity index (χ2n) is 15.0. The average molecular weight is 715 g/mol. The zero-order chi connectivity index (χ0) is 36.7. The van der Waals surface area contributed by atoms with Crippen LogP contribution in [-0.2, 0) is 35.2 Å². The molecule has 2 aromatic rings. The van der Waals surface area contributed by atoms with Crippen molar-refractivity contribution in [2.75, 3.05) is 38.3 Å². The summed E-state index contributed by atoms with van der Waals surface area (Å²) in [6, 6.07) is 13.9. The first-order valence-corrected chi connectivity index (χ1v) is 19.6. The molecule has 1 saturated heterocycles. The molecule has 2 atom stereocenters. The van der Waals surface area contributed by atoms with Gasteiger partial charge < -0.3 is 14.4 Å². The predicted octanol–water partition coefficient (Wildman–Crippen LogP) is 7.21. The monoisotopic (exact) mass is 714 g/mol. The van der Waals surface area contributed by atoms with Crippen LogP contribution < -0.4 is 4.90 Å². The quantitative estimate of drug-likeness (QED) is 0.101. The van der Waals surface area contributed by atoms with Gasteiger partial charge in [-0.25, -0.2) is 0 Å². The summed E-state index contributed by atoms with van der Waals surface area (Å²) in [4.78, 5) is 15.6. The fourth-order valence-electron chi connectivity index (χ4n) is 8.66. The van der Waals surface area contributed by atoms with Crippen LogP contribution in [0.4, 0.5) is 11.4 Å². The number of likely N-dealkylation sites (N-methyl/N-ethyl adjacent to an activating group) is 1. The van der Waals surface area contributed by atoms with Crippen LogP contribution in [0.3, 0.4) is 0 Å². The molecule has 2 unspecified atom stereocenters. The van der Waals surface area contributed by atoms with Gasteiger partial charge in [0.25, 0.3) is 16.6 Å². The van der Waals surface area contributed by atoms with Crippen LogP contribution in [0, 0.1) is 0 Å². The molecule has 4 heterocycles. The number of hydrogen-bond acceptors (Lipinski definition) is 7. The number of ether oxygens (including phenoxy) is 2. The molecule has 51 heavy (non-hydrogen) atoms. The van der Waals surface area contributed by atoms with Crippen LogP contribution in [0.15, 0.2) is 94.3 Å². The van der Waals surface area contributed by atoms with E-state index in [1.165, 1.54) is 23.0 Å². The minimum absolute atomic E-state index is 0.104. The molecule has 4 aliphatic heterocycles. The zero-order valence-electron chi connectivity index (χ0n) is 31.0. The van der Waals surface area contributed by atoms with E-state index in [0.29, 0.717) is 6.47 Å². The second-order valence-corrected chi connectivity index (χ2v) is 16.4. The molecule has 6 rings (SSSR count). The SMILES string of the molecule is CCCN1/C(=C/C=C2C(OCCOC=O)=C(/C=C/C3=[N+](CCC)c4ccccc4C3(C)C)C3CCC/2N3C)C(C)(C)c2cc(S(=O)(=O)O)ccc21. The highest BCUT2D eigenvalue weighted by molar-refractivity contribution is 7.85. The Morgan fingerprint density at radius 2 is 1.69 bits per heavy atom. The number of benzene rings is 2. The summed E-state index contributed by atoms with van der Waals surface area (Å²) in [6.45, 7) is 15.6. The van der Waals surface area contributed by atoms with Crippen molar-refractivity contribution < 1.29 is 31.8 Å². The Kier molecular flexibility index (Phi) is 10.2. The molecule has 0 aliphatic carbocycles. The highest BCUT2D eigenvalue weighted by Crippen LogP contribution is 2.49. The molecule has 272 valence electrons. The normalized spacial score (nSPS) is 23.9. The molecule has 0 radical (unpaired) electrons. The summed E-state index contributed by atoms with van der Waals surface area (Å²) in [5.41, 5.74) is 8.13. The Labute approximate surface area is 303 Å². The Balaban J connectivity index is 1.48. The van der Waals surface area contributed by atoms with Crippen molar-refractivity contribution in [2.45, 2.75) is 95.0 Å². The van der Waals surface area contributed by atoms with Gasteiger partial charge in [-0.05, 0) is 76.1 Å². The number of hydrogen-bond donors (Lipinski definition) is 1. The third-order valence-electron chi connectivity index (χ3n) is 11.2. The lowest BCUT2D eigenvalue weighted by Crippen LogP contribution is -2.40. The van der Waals surface area contributed by atoms with Crippen LogP contribution >= 0.6 is 0 Å². The smallest absolute Gasteiger partial charge is 0.294 e. The van der Waals surface area contributed by atoms with Gasteiger partial charge in [0.15, 0.2) is 5.71 Å². The number of carbonyl (C=O) groups is 1. The maximum atomic E-state index is 12.1. The molecule has 0 aromatic heterocycles. The maximum Gasteiger partial charge on any atom is 0.294 e. The van der Waals surface area contributed by atoms with E-state index >= 15 is 0 Å². The largest absolute Gasteiger partial charge is 0.489 e. The lowest BCUT2D eigenvalue weighted by Gasteiger charge is -2.36. The first-order chi connectivity index (χ1) is 24.3. The molecular weight excluding hydrogens is 663 g/mol. The molecule has 9 nitrogen and oxygen atoms in total. The van der Waals surface area contributed by atoms with E-state index in [9.17, 15) is 17.8 Å². The molecule has 10 heteroatoms. The second kappa shape index (κ2) is 14.2. The third kappa shape index (κ3) is 6.51. The average Bonchev–Trinajstić information content (AvgIpc) is 3.58. The van der Waals surface area contributed by atoms with Crippen molar-refractivity contribution in [3.8, 4) is 0 Å². The van der Waals surface area contributed by atoms with Crippen molar-refractivity contribution in [1.82, 2.24) is 4.90 Å². The molecule has 2 aromatic carbocycles. The summed E-state index contributed by atoms with van der Waals surface area (Å²) < 4.78 is 48.1. The van der Waals surface area contributed by atoms with E-state index in [1.54, 1.807) is 12.1 Å². The van der Waals surface area contributed by atoms with Gasteiger partial charge in [0, 0.05) is 70.7 Å².